The van der Waals surface area contributed by atoms with Gasteiger partial charge in [-0.15, -0.1) is 0 Å². The summed E-state index contributed by atoms with van der Waals surface area (Å²) in [4.78, 5) is 17.7. The summed E-state index contributed by atoms with van der Waals surface area (Å²) in [7, 11) is 0. The van der Waals surface area contributed by atoms with Crippen molar-refractivity contribution < 1.29 is 4.79 Å². The van der Waals surface area contributed by atoms with Gasteiger partial charge in [-0.25, -0.2) is 4.98 Å². The topological polar surface area (TPSA) is 63.6 Å². The Labute approximate surface area is 120 Å². The van der Waals surface area contributed by atoms with Crippen molar-refractivity contribution in [2.45, 2.75) is 26.4 Å². The molecule has 2 N–H and O–H groups in total. The minimum absolute atomic E-state index is 0.226. The van der Waals surface area contributed by atoms with Crippen molar-refractivity contribution in [2.24, 2.45) is 5.73 Å². The predicted octanol–water partition coefficient (Wildman–Crippen LogP) is 1.79. The van der Waals surface area contributed by atoms with Crippen LogP contribution in [-0.2, 0) is 11.3 Å². The Balaban J connectivity index is 2.28. The van der Waals surface area contributed by atoms with E-state index in [-0.39, 0.29) is 18.5 Å². The summed E-state index contributed by atoms with van der Waals surface area (Å²) < 4.78 is 2.89. The van der Waals surface area contributed by atoms with Gasteiger partial charge in [0, 0.05) is 18.8 Å². The maximum Gasteiger partial charge on any atom is 0.231 e. The van der Waals surface area contributed by atoms with E-state index in [2.05, 4.69) is 20.9 Å². The molecular weight excluding hydrogens is 308 g/mol. The Kier molecular flexibility index (Phi) is 4.21. The second-order valence-electron chi connectivity index (χ2n) is 4.74. The molecule has 2 aromatic rings. The fourth-order valence-corrected chi connectivity index (χ4v) is 2.44. The van der Waals surface area contributed by atoms with E-state index in [0.717, 1.165) is 15.9 Å². The van der Waals surface area contributed by atoms with Crippen LogP contribution < -0.4 is 5.73 Å². The van der Waals surface area contributed by atoms with Crippen molar-refractivity contribution in [3.63, 3.8) is 0 Å². The van der Waals surface area contributed by atoms with E-state index in [4.69, 9.17) is 5.73 Å². The number of fused-ring (bicyclic) bond motifs is 1. The Hall–Kier alpha value is -1.40. The first kappa shape index (κ1) is 14.0. The van der Waals surface area contributed by atoms with Gasteiger partial charge in [-0.3, -0.25) is 14.1 Å². The molecule has 0 aliphatic heterocycles. The molecule has 5 nitrogen and oxygen atoms in total. The molecule has 0 aliphatic rings. The molecule has 0 atom stereocenters. The monoisotopic (exact) mass is 324 g/mol. The molecule has 0 fully saturated rings. The van der Waals surface area contributed by atoms with Gasteiger partial charge in [-0.05, 0) is 41.9 Å². The molecule has 0 aromatic carbocycles. The molecule has 0 aliphatic carbocycles. The van der Waals surface area contributed by atoms with Crippen molar-refractivity contribution in [1.29, 1.82) is 0 Å². The Morgan fingerprint density at radius 1 is 1.53 bits per heavy atom. The number of carbonyl (C=O) groups excluding carboxylic acids is 1. The quantitative estimate of drug-likeness (QED) is 0.912. The Morgan fingerprint density at radius 3 is 2.84 bits per heavy atom. The fraction of sp³-hybridized carbons (Fsp3) is 0.385. The lowest BCUT2D eigenvalue weighted by atomic mass is 10.3. The largest absolute Gasteiger partial charge is 0.369 e. The first-order chi connectivity index (χ1) is 8.99. The number of amides is 1. The van der Waals surface area contributed by atoms with E-state index in [1.165, 1.54) is 0 Å². The van der Waals surface area contributed by atoms with Crippen LogP contribution in [0.15, 0.2) is 29.0 Å². The van der Waals surface area contributed by atoms with Gasteiger partial charge in [0.2, 0.25) is 5.91 Å². The number of imidazole rings is 1. The first-order valence-corrected chi connectivity index (χ1v) is 6.92. The Bertz CT molecular complexity index is 593. The molecule has 2 rings (SSSR count). The average Bonchev–Trinajstić information content (AvgIpc) is 2.65. The maximum atomic E-state index is 11.1. The minimum atomic E-state index is -0.325. The average molecular weight is 325 g/mol. The summed E-state index contributed by atoms with van der Waals surface area (Å²) in [6.45, 7) is 4.89. The lowest BCUT2D eigenvalue weighted by Crippen LogP contribution is -2.38. The summed E-state index contributed by atoms with van der Waals surface area (Å²) >= 11 is 3.55. The zero-order chi connectivity index (χ0) is 14.0. The van der Waals surface area contributed by atoms with Crippen LogP contribution in [0.1, 0.15) is 19.5 Å². The zero-order valence-corrected chi connectivity index (χ0v) is 12.6. The van der Waals surface area contributed by atoms with Crippen LogP contribution in [0.5, 0.6) is 0 Å². The molecule has 6 heteroatoms. The summed E-state index contributed by atoms with van der Waals surface area (Å²) in [6.07, 6.45) is 1.95. The smallest absolute Gasteiger partial charge is 0.231 e. The van der Waals surface area contributed by atoms with E-state index in [1.807, 2.05) is 47.5 Å². The highest BCUT2D eigenvalue weighted by Crippen LogP contribution is 2.20. The van der Waals surface area contributed by atoms with E-state index in [0.29, 0.717) is 6.54 Å². The molecule has 0 saturated heterocycles. The first-order valence-electron chi connectivity index (χ1n) is 6.13. The molecule has 0 saturated carbocycles. The zero-order valence-electron chi connectivity index (χ0n) is 11.0. The SMILES string of the molecule is CC(C)N(CC(N)=O)Cc1nc2ccccn2c1Br. The Morgan fingerprint density at radius 2 is 2.26 bits per heavy atom. The lowest BCUT2D eigenvalue weighted by molar-refractivity contribution is -0.119. The van der Waals surface area contributed by atoms with Gasteiger partial charge < -0.3 is 5.73 Å². The summed E-state index contributed by atoms with van der Waals surface area (Å²) in [5, 5.41) is 0. The maximum absolute atomic E-state index is 11.1. The molecule has 19 heavy (non-hydrogen) atoms. The standard InChI is InChI=1S/C13H17BrN4O/c1-9(2)17(8-11(15)19)7-10-13(14)18-6-4-3-5-12(18)16-10/h3-6,9H,7-8H2,1-2H3,(H2,15,19). The van der Waals surface area contributed by atoms with Crippen LogP contribution in [-0.4, -0.2) is 32.8 Å². The number of pyridine rings is 1. The second-order valence-corrected chi connectivity index (χ2v) is 5.49. The van der Waals surface area contributed by atoms with Crippen molar-refractivity contribution in [2.75, 3.05) is 6.54 Å². The van der Waals surface area contributed by atoms with Crippen molar-refractivity contribution >= 4 is 27.5 Å². The van der Waals surface area contributed by atoms with Crippen LogP contribution in [0.4, 0.5) is 0 Å². The number of hydrogen-bond acceptors (Lipinski definition) is 3. The van der Waals surface area contributed by atoms with Gasteiger partial charge in [-0.2, -0.15) is 0 Å². The third-order valence-electron chi connectivity index (χ3n) is 2.98. The van der Waals surface area contributed by atoms with Gasteiger partial charge in [-0.1, -0.05) is 6.07 Å². The number of nitrogens with two attached hydrogens (primary N) is 1. The molecule has 0 spiro atoms. The van der Waals surface area contributed by atoms with Gasteiger partial charge in [0.1, 0.15) is 10.3 Å². The molecule has 2 aromatic heterocycles. The van der Waals surface area contributed by atoms with E-state index in [1.54, 1.807) is 0 Å². The lowest BCUT2D eigenvalue weighted by Gasteiger charge is -2.24. The highest BCUT2D eigenvalue weighted by Gasteiger charge is 2.17. The van der Waals surface area contributed by atoms with Crippen molar-refractivity contribution in [3.05, 3.63) is 34.7 Å². The number of rotatable bonds is 5. The molecule has 0 bridgehead atoms. The second kappa shape index (κ2) is 5.71. The van der Waals surface area contributed by atoms with Gasteiger partial charge in [0.25, 0.3) is 0 Å². The van der Waals surface area contributed by atoms with Crippen LogP contribution >= 0.6 is 15.9 Å². The van der Waals surface area contributed by atoms with E-state index in [9.17, 15) is 4.79 Å². The molecule has 1 amide bonds. The van der Waals surface area contributed by atoms with Gasteiger partial charge >= 0.3 is 0 Å². The number of hydrogen-bond donors (Lipinski definition) is 1. The van der Waals surface area contributed by atoms with Gasteiger partial charge in [0.05, 0.1) is 12.2 Å². The molecule has 0 radical (unpaired) electrons. The summed E-state index contributed by atoms with van der Waals surface area (Å²) in [5.41, 5.74) is 7.07. The van der Waals surface area contributed by atoms with Crippen LogP contribution in [0.2, 0.25) is 0 Å². The van der Waals surface area contributed by atoms with Gasteiger partial charge in [0.15, 0.2) is 0 Å². The van der Waals surface area contributed by atoms with Crippen molar-refractivity contribution in [1.82, 2.24) is 14.3 Å². The normalized spacial score (nSPS) is 11.6. The van der Waals surface area contributed by atoms with Crippen LogP contribution in [0, 0.1) is 0 Å². The highest BCUT2D eigenvalue weighted by atomic mass is 79.9. The number of aromatic nitrogens is 2. The minimum Gasteiger partial charge on any atom is -0.369 e. The van der Waals surface area contributed by atoms with E-state index < -0.39 is 0 Å². The summed E-state index contributed by atoms with van der Waals surface area (Å²) in [6, 6.07) is 6.07. The van der Waals surface area contributed by atoms with Crippen LogP contribution in [0.25, 0.3) is 5.65 Å². The molecule has 0 unspecified atom stereocenters. The van der Waals surface area contributed by atoms with Crippen molar-refractivity contribution in [3.8, 4) is 0 Å². The number of primary amides is 1. The predicted molar refractivity (Wildman–Crippen MR) is 77.6 cm³/mol. The molecule has 102 valence electrons. The van der Waals surface area contributed by atoms with Crippen LogP contribution in [0.3, 0.4) is 0 Å². The third-order valence-corrected chi connectivity index (χ3v) is 3.82. The molecular formula is C13H17BrN4O. The van der Waals surface area contributed by atoms with E-state index >= 15 is 0 Å². The fourth-order valence-electron chi connectivity index (χ4n) is 1.93. The number of halogens is 1. The highest BCUT2D eigenvalue weighted by molar-refractivity contribution is 9.10. The summed E-state index contributed by atoms with van der Waals surface area (Å²) in [5.74, 6) is -0.325. The number of carbonyl (C=O) groups is 1. The molecule has 2 heterocycles. The number of nitrogens with zero attached hydrogens (tertiary/aromatic N) is 3. The third kappa shape index (κ3) is 3.13.